The maximum absolute atomic E-state index is 5.12. The number of nitrogens with zero attached hydrogens (tertiary/aromatic N) is 3. The highest BCUT2D eigenvalue weighted by molar-refractivity contribution is 7.17. The molecule has 1 aliphatic carbocycles. The van der Waals surface area contributed by atoms with Gasteiger partial charge in [-0.1, -0.05) is 146 Å². The normalized spacial score (nSPS) is 12.9. The van der Waals surface area contributed by atoms with E-state index >= 15 is 0 Å². The summed E-state index contributed by atoms with van der Waals surface area (Å²) < 4.78 is 2.56. The minimum atomic E-state index is 0.700. The molecule has 0 saturated carbocycles. The van der Waals surface area contributed by atoms with Crippen molar-refractivity contribution in [3.8, 4) is 33.9 Å². The first-order valence-corrected chi connectivity index (χ1v) is 17.6. The van der Waals surface area contributed by atoms with E-state index in [4.69, 9.17) is 15.0 Å². The lowest BCUT2D eigenvalue weighted by molar-refractivity contribution is 0.987. The molecule has 230 valence electrons. The Morgan fingerprint density at radius 3 is 1.59 bits per heavy atom. The molecule has 0 aliphatic heterocycles. The molecule has 7 aromatic carbocycles. The van der Waals surface area contributed by atoms with Crippen LogP contribution in [0, 0.1) is 0 Å². The van der Waals surface area contributed by atoms with E-state index in [-0.39, 0.29) is 0 Å². The van der Waals surface area contributed by atoms with Crippen LogP contribution in [0.4, 0.5) is 0 Å². The van der Waals surface area contributed by atoms with Crippen molar-refractivity contribution in [1.82, 2.24) is 15.0 Å². The van der Waals surface area contributed by atoms with E-state index in [1.165, 1.54) is 68.9 Å². The molecular formula is C45H29N3S. The maximum atomic E-state index is 5.12. The van der Waals surface area contributed by atoms with Crippen molar-refractivity contribution in [3.05, 3.63) is 161 Å². The van der Waals surface area contributed by atoms with Crippen molar-refractivity contribution in [2.75, 3.05) is 0 Å². The van der Waals surface area contributed by atoms with E-state index < -0.39 is 0 Å². The van der Waals surface area contributed by atoms with Crippen LogP contribution in [-0.2, 0) is 0 Å². The second kappa shape index (κ2) is 11.3. The van der Waals surface area contributed by atoms with Crippen LogP contribution in [-0.4, -0.2) is 15.0 Å². The summed E-state index contributed by atoms with van der Waals surface area (Å²) in [6.07, 6.45) is 4.23. The van der Waals surface area contributed by atoms with Gasteiger partial charge in [-0.25, -0.2) is 15.0 Å². The van der Waals surface area contributed by atoms with Crippen LogP contribution in [0.15, 0.2) is 146 Å². The number of fused-ring (bicyclic) bond motifs is 9. The smallest absolute Gasteiger partial charge is 0.164 e. The van der Waals surface area contributed by atoms with Gasteiger partial charge in [0.15, 0.2) is 17.5 Å². The predicted octanol–water partition coefficient (Wildman–Crippen LogP) is 10.3. The van der Waals surface area contributed by atoms with Gasteiger partial charge in [0, 0.05) is 31.3 Å². The molecule has 0 amide bonds. The van der Waals surface area contributed by atoms with Crippen LogP contribution in [0.3, 0.4) is 0 Å². The maximum Gasteiger partial charge on any atom is 0.164 e. The lowest BCUT2D eigenvalue weighted by atomic mass is 9.92. The van der Waals surface area contributed by atoms with Crippen molar-refractivity contribution < 1.29 is 0 Å². The zero-order valence-corrected chi connectivity index (χ0v) is 27.4. The van der Waals surface area contributed by atoms with Crippen molar-refractivity contribution in [3.63, 3.8) is 0 Å². The van der Waals surface area contributed by atoms with Gasteiger partial charge in [-0.3, -0.25) is 0 Å². The number of hydrogen-bond donors (Lipinski definition) is 0. The molecule has 9 aromatic rings. The highest BCUT2D eigenvalue weighted by atomic mass is 32.1. The minimum absolute atomic E-state index is 0.700. The molecule has 0 atom stereocenters. The molecule has 2 heterocycles. The van der Waals surface area contributed by atoms with Crippen LogP contribution in [0.1, 0.15) is 18.7 Å². The Kier molecular flexibility index (Phi) is 6.49. The van der Waals surface area contributed by atoms with E-state index in [0.29, 0.717) is 11.6 Å². The summed E-state index contributed by atoms with van der Waals surface area (Å²) >= 11 is 1.87. The quantitative estimate of drug-likeness (QED) is 0.179. The molecule has 0 unspecified atom stereocenters. The summed E-state index contributed by atoms with van der Waals surface area (Å²) in [5.74, 6) is 2.16. The lowest BCUT2D eigenvalue weighted by Crippen LogP contribution is -2.26. The molecule has 0 spiro atoms. The van der Waals surface area contributed by atoms with Crippen molar-refractivity contribution >= 4 is 65.4 Å². The SMILES string of the molecule is C1=c2c(sc3c(-c4ccc5c6ccccc6c6ccccc6c5c4)cccc23)=C(c2nc(-c3ccccc3)nc(-c3ccccc3)n2)CC1. The second-order valence-corrected chi connectivity index (χ2v) is 13.7. The Balaban J connectivity index is 1.21. The third-order valence-corrected chi connectivity index (χ3v) is 11.1. The Labute approximate surface area is 287 Å². The molecule has 0 radical (unpaired) electrons. The Morgan fingerprint density at radius 2 is 0.959 bits per heavy atom. The minimum Gasteiger partial charge on any atom is -0.208 e. The van der Waals surface area contributed by atoms with E-state index in [1.807, 2.05) is 47.7 Å². The molecule has 0 bridgehead atoms. The first kappa shape index (κ1) is 28.1. The van der Waals surface area contributed by atoms with Gasteiger partial charge in [0.05, 0.1) is 0 Å². The molecule has 0 saturated heterocycles. The number of rotatable bonds is 4. The Hall–Kier alpha value is -5.97. The summed E-state index contributed by atoms with van der Waals surface area (Å²) in [6, 6.07) is 51.8. The molecular weight excluding hydrogens is 615 g/mol. The van der Waals surface area contributed by atoms with Crippen LogP contribution in [0.2, 0.25) is 0 Å². The summed E-state index contributed by atoms with van der Waals surface area (Å²) in [5.41, 5.74) is 5.66. The average Bonchev–Trinajstić information content (AvgIpc) is 3.58. The molecule has 4 heteroatoms. The van der Waals surface area contributed by atoms with E-state index in [2.05, 4.69) is 115 Å². The average molecular weight is 644 g/mol. The van der Waals surface area contributed by atoms with Crippen molar-refractivity contribution in [2.45, 2.75) is 12.8 Å². The molecule has 10 rings (SSSR count). The summed E-state index contributed by atoms with van der Waals surface area (Å²) in [5, 5.41) is 10.3. The molecule has 3 nitrogen and oxygen atoms in total. The van der Waals surface area contributed by atoms with Crippen LogP contribution in [0.25, 0.3) is 88.0 Å². The van der Waals surface area contributed by atoms with Gasteiger partial charge < -0.3 is 0 Å². The van der Waals surface area contributed by atoms with Crippen LogP contribution >= 0.6 is 11.3 Å². The fourth-order valence-corrected chi connectivity index (χ4v) is 8.91. The number of thiophene rings is 1. The standard InChI is InChI=1S/C45H29N3S/c1-3-13-28(14-4-1)43-46-44(29-15-5-2-6-16-29)48-45(47-43)39-24-12-23-38-37-22-11-21-31(41(37)49-42(38)39)30-25-26-36-34-19-8-7-17-32(34)33-18-9-10-20-35(33)40(36)27-30/h1-11,13-23,25-27H,12,24H2. The number of benzene rings is 7. The summed E-state index contributed by atoms with van der Waals surface area (Å²) in [7, 11) is 0. The highest BCUT2D eigenvalue weighted by Gasteiger charge is 2.19. The largest absolute Gasteiger partial charge is 0.208 e. The summed E-state index contributed by atoms with van der Waals surface area (Å²) in [6.45, 7) is 0. The summed E-state index contributed by atoms with van der Waals surface area (Å²) in [4.78, 5) is 15.2. The predicted molar refractivity (Wildman–Crippen MR) is 206 cm³/mol. The van der Waals surface area contributed by atoms with Gasteiger partial charge >= 0.3 is 0 Å². The van der Waals surface area contributed by atoms with Crippen LogP contribution in [0.5, 0.6) is 0 Å². The third-order valence-electron chi connectivity index (χ3n) is 9.80. The van der Waals surface area contributed by atoms with Gasteiger partial charge in [-0.05, 0) is 67.6 Å². The van der Waals surface area contributed by atoms with Crippen molar-refractivity contribution in [2.24, 2.45) is 0 Å². The fraction of sp³-hybridized carbons (Fsp3) is 0.0444. The van der Waals surface area contributed by atoms with Gasteiger partial charge in [-0.15, -0.1) is 11.3 Å². The van der Waals surface area contributed by atoms with E-state index in [0.717, 1.165) is 29.8 Å². The Bertz CT molecular complexity index is 2780. The lowest BCUT2D eigenvalue weighted by Gasteiger charge is -2.12. The molecule has 1 aliphatic rings. The molecule has 49 heavy (non-hydrogen) atoms. The van der Waals surface area contributed by atoms with Gasteiger partial charge in [0.25, 0.3) is 0 Å². The fourth-order valence-electron chi connectivity index (χ4n) is 7.50. The Morgan fingerprint density at radius 1 is 0.429 bits per heavy atom. The van der Waals surface area contributed by atoms with Gasteiger partial charge in [0.1, 0.15) is 0 Å². The zero-order chi connectivity index (χ0) is 32.3. The molecule has 2 aromatic heterocycles. The number of hydrogen-bond acceptors (Lipinski definition) is 4. The zero-order valence-electron chi connectivity index (χ0n) is 26.6. The third kappa shape index (κ3) is 4.60. The van der Waals surface area contributed by atoms with Crippen LogP contribution < -0.4 is 9.75 Å². The molecule has 0 fully saturated rings. The topological polar surface area (TPSA) is 38.7 Å². The van der Waals surface area contributed by atoms with Gasteiger partial charge in [-0.2, -0.15) is 0 Å². The second-order valence-electron chi connectivity index (χ2n) is 12.6. The number of aromatic nitrogens is 3. The molecule has 0 N–H and O–H groups in total. The first-order chi connectivity index (χ1) is 24.3. The van der Waals surface area contributed by atoms with Gasteiger partial charge in [0.2, 0.25) is 0 Å². The highest BCUT2D eigenvalue weighted by Crippen LogP contribution is 2.39. The van der Waals surface area contributed by atoms with Crippen molar-refractivity contribution in [1.29, 1.82) is 0 Å². The van der Waals surface area contributed by atoms with E-state index in [1.54, 1.807) is 0 Å². The first-order valence-electron chi connectivity index (χ1n) is 16.8. The monoisotopic (exact) mass is 643 g/mol. The van der Waals surface area contributed by atoms with E-state index in [9.17, 15) is 0 Å².